The maximum atomic E-state index is 4.35. The van der Waals surface area contributed by atoms with Gasteiger partial charge in [0.05, 0.1) is 11.9 Å². The fourth-order valence-corrected chi connectivity index (χ4v) is 4.36. The highest BCUT2D eigenvalue weighted by Gasteiger charge is 2.39. The van der Waals surface area contributed by atoms with Crippen LogP contribution in [0.25, 0.3) is 0 Å². The van der Waals surface area contributed by atoms with E-state index < -0.39 is 0 Å². The van der Waals surface area contributed by atoms with Crippen molar-refractivity contribution in [2.45, 2.75) is 45.6 Å². The van der Waals surface area contributed by atoms with Crippen molar-refractivity contribution in [2.24, 2.45) is 17.8 Å². The molecule has 2 saturated carbocycles. The number of hydrogen-bond donors (Lipinski definition) is 1. The Kier molecular flexibility index (Phi) is 4.79. The summed E-state index contributed by atoms with van der Waals surface area (Å²) in [6.45, 7) is 5.44. The molecule has 0 aliphatic heterocycles. The number of hydrogen-bond acceptors (Lipinski definition) is 3. The maximum Gasteiger partial charge on any atom is 0.0595 e. The van der Waals surface area contributed by atoms with Crippen molar-refractivity contribution in [3.05, 3.63) is 24.0 Å². The van der Waals surface area contributed by atoms with E-state index in [0.717, 1.165) is 30.8 Å². The van der Waals surface area contributed by atoms with Gasteiger partial charge < -0.3 is 10.2 Å². The van der Waals surface area contributed by atoms with Crippen LogP contribution in [-0.4, -0.2) is 25.1 Å². The first-order valence-corrected chi connectivity index (χ1v) is 8.62. The van der Waals surface area contributed by atoms with E-state index in [9.17, 15) is 0 Å². The highest BCUT2D eigenvalue weighted by molar-refractivity contribution is 5.51. The third-order valence-corrected chi connectivity index (χ3v) is 5.43. The highest BCUT2D eigenvalue weighted by Crippen LogP contribution is 2.48. The molecule has 2 fully saturated rings. The van der Waals surface area contributed by atoms with Gasteiger partial charge >= 0.3 is 0 Å². The molecule has 3 nitrogen and oxygen atoms in total. The van der Waals surface area contributed by atoms with Crippen molar-refractivity contribution in [1.82, 2.24) is 10.3 Å². The second-order valence-electron chi connectivity index (χ2n) is 7.00. The first-order chi connectivity index (χ1) is 10.3. The molecular formula is C18H29N3. The molecule has 21 heavy (non-hydrogen) atoms. The van der Waals surface area contributed by atoms with Crippen LogP contribution < -0.4 is 10.2 Å². The zero-order valence-corrected chi connectivity index (χ0v) is 13.5. The number of nitrogens with one attached hydrogen (secondary N) is 1. The lowest BCUT2D eigenvalue weighted by atomic mass is 9.88. The Labute approximate surface area is 129 Å². The van der Waals surface area contributed by atoms with E-state index in [-0.39, 0.29) is 0 Å². The van der Waals surface area contributed by atoms with E-state index >= 15 is 0 Å². The van der Waals surface area contributed by atoms with Crippen LogP contribution in [0.15, 0.2) is 18.5 Å². The van der Waals surface area contributed by atoms with Gasteiger partial charge in [0.2, 0.25) is 0 Å². The van der Waals surface area contributed by atoms with Crippen molar-refractivity contribution in [2.75, 3.05) is 25.0 Å². The molecule has 2 aliphatic carbocycles. The van der Waals surface area contributed by atoms with Gasteiger partial charge in [-0.05, 0) is 61.6 Å². The van der Waals surface area contributed by atoms with Crippen LogP contribution in [0.1, 0.15) is 44.6 Å². The van der Waals surface area contributed by atoms with Gasteiger partial charge in [-0.2, -0.15) is 0 Å². The molecule has 2 bridgehead atoms. The number of fused-ring (bicyclic) bond motifs is 2. The van der Waals surface area contributed by atoms with Gasteiger partial charge in [0.25, 0.3) is 0 Å². The molecule has 116 valence electrons. The van der Waals surface area contributed by atoms with E-state index in [1.54, 1.807) is 0 Å². The number of anilines is 1. The fourth-order valence-electron chi connectivity index (χ4n) is 4.36. The lowest BCUT2D eigenvalue weighted by molar-refractivity contribution is 0.337. The lowest BCUT2D eigenvalue weighted by Crippen LogP contribution is -2.30. The summed E-state index contributed by atoms with van der Waals surface area (Å²) in [4.78, 5) is 6.79. The van der Waals surface area contributed by atoms with Crippen molar-refractivity contribution in [3.63, 3.8) is 0 Å². The first-order valence-electron chi connectivity index (χ1n) is 8.62. The average Bonchev–Trinajstić information content (AvgIpc) is 3.10. The lowest BCUT2D eigenvalue weighted by Gasteiger charge is -2.29. The second-order valence-corrected chi connectivity index (χ2v) is 7.00. The van der Waals surface area contributed by atoms with Crippen LogP contribution >= 0.6 is 0 Å². The van der Waals surface area contributed by atoms with Crippen molar-refractivity contribution in [3.8, 4) is 0 Å². The largest absolute Gasteiger partial charge is 0.373 e. The van der Waals surface area contributed by atoms with E-state index in [2.05, 4.69) is 35.2 Å². The van der Waals surface area contributed by atoms with Crippen LogP contribution in [0.2, 0.25) is 0 Å². The van der Waals surface area contributed by atoms with E-state index in [1.165, 1.54) is 49.9 Å². The number of rotatable bonds is 7. The smallest absolute Gasteiger partial charge is 0.0595 e. The molecule has 1 heterocycles. The molecule has 1 aromatic rings. The van der Waals surface area contributed by atoms with Crippen molar-refractivity contribution >= 4 is 5.69 Å². The normalized spacial score (nSPS) is 27.2. The highest BCUT2D eigenvalue weighted by atomic mass is 15.1. The summed E-state index contributed by atoms with van der Waals surface area (Å²) in [6.07, 6.45) is 11.1. The molecule has 3 rings (SSSR count). The van der Waals surface area contributed by atoms with Gasteiger partial charge in [-0.15, -0.1) is 0 Å². The molecule has 0 saturated heterocycles. The second kappa shape index (κ2) is 6.78. The van der Waals surface area contributed by atoms with E-state index in [1.807, 2.05) is 12.4 Å². The monoisotopic (exact) mass is 287 g/mol. The van der Waals surface area contributed by atoms with Crippen LogP contribution in [0, 0.1) is 17.8 Å². The van der Waals surface area contributed by atoms with Gasteiger partial charge in [-0.1, -0.05) is 13.3 Å². The standard InChI is InChI=1S/C18H29N3/c1-3-7-19-11-16-6-8-20-12-18(16)21(2)13-17-10-14-4-5-15(17)9-14/h6,8,12,14-15,17,19H,3-5,7,9-11,13H2,1-2H3. The van der Waals surface area contributed by atoms with Gasteiger partial charge in [0, 0.05) is 26.3 Å². The van der Waals surface area contributed by atoms with Gasteiger partial charge in [-0.25, -0.2) is 0 Å². The summed E-state index contributed by atoms with van der Waals surface area (Å²) in [5, 5.41) is 3.51. The van der Waals surface area contributed by atoms with Gasteiger partial charge in [0.15, 0.2) is 0 Å². The number of nitrogens with zero attached hydrogens (tertiary/aromatic N) is 2. The maximum absolute atomic E-state index is 4.35. The average molecular weight is 287 g/mol. The van der Waals surface area contributed by atoms with Crippen LogP contribution in [0.4, 0.5) is 5.69 Å². The molecule has 3 atom stereocenters. The molecule has 0 amide bonds. The summed E-state index contributed by atoms with van der Waals surface area (Å²) < 4.78 is 0. The topological polar surface area (TPSA) is 28.2 Å². The zero-order chi connectivity index (χ0) is 14.7. The predicted molar refractivity (Wildman–Crippen MR) is 88.4 cm³/mol. The Balaban J connectivity index is 1.62. The zero-order valence-electron chi connectivity index (χ0n) is 13.5. The molecule has 0 spiro atoms. The number of aromatic nitrogens is 1. The third kappa shape index (κ3) is 3.39. The minimum atomic E-state index is 0.908. The summed E-state index contributed by atoms with van der Waals surface area (Å²) in [6, 6.07) is 2.16. The Morgan fingerprint density at radius 1 is 1.33 bits per heavy atom. The Bertz CT molecular complexity index is 460. The molecule has 2 aliphatic rings. The third-order valence-electron chi connectivity index (χ3n) is 5.43. The van der Waals surface area contributed by atoms with Crippen molar-refractivity contribution in [1.29, 1.82) is 0 Å². The van der Waals surface area contributed by atoms with Gasteiger partial charge in [0.1, 0.15) is 0 Å². The molecule has 0 aromatic carbocycles. The summed E-state index contributed by atoms with van der Waals surface area (Å²) in [5.41, 5.74) is 2.69. The molecule has 0 radical (unpaired) electrons. The Morgan fingerprint density at radius 2 is 2.24 bits per heavy atom. The summed E-state index contributed by atoms with van der Waals surface area (Å²) in [5.74, 6) is 2.94. The van der Waals surface area contributed by atoms with Crippen LogP contribution in [0.3, 0.4) is 0 Å². The Morgan fingerprint density at radius 3 is 2.95 bits per heavy atom. The minimum Gasteiger partial charge on any atom is -0.373 e. The van der Waals surface area contributed by atoms with Gasteiger partial charge in [-0.3, -0.25) is 4.98 Å². The Hall–Kier alpha value is -1.09. The molecule has 3 unspecified atom stereocenters. The van der Waals surface area contributed by atoms with Crippen LogP contribution in [0.5, 0.6) is 0 Å². The molecule has 1 N–H and O–H groups in total. The molecule has 1 aromatic heterocycles. The SMILES string of the molecule is CCCNCc1ccncc1N(C)CC1CC2CCC1C2. The predicted octanol–water partition coefficient (Wildman–Crippen LogP) is 3.45. The quantitative estimate of drug-likeness (QED) is 0.779. The van der Waals surface area contributed by atoms with E-state index in [0.29, 0.717) is 0 Å². The van der Waals surface area contributed by atoms with Crippen LogP contribution in [-0.2, 0) is 6.54 Å². The molecule has 3 heteroatoms. The minimum absolute atomic E-state index is 0.908. The van der Waals surface area contributed by atoms with Crippen molar-refractivity contribution < 1.29 is 0 Å². The van der Waals surface area contributed by atoms with E-state index in [4.69, 9.17) is 0 Å². The summed E-state index contributed by atoms with van der Waals surface area (Å²) >= 11 is 0. The fraction of sp³-hybridized carbons (Fsp3) is 0.722. The number of pyridine rings is 1. The first kappa shape index (κ1) is 14.8. The summed E-state index contributed by atoms with van der Waals surface area (Å²) in [7, 11) is 2.24. The molecular weight excluding hydrogens is 258 g/mol.